The van der Waals surface area contributed by atoms with Crippen LogP contribution in [0.4, 0.5) is 22.0 Å². The smallest absolute Gasteiger partial charge is 0.337 e. The van der Waals surface area contributed by atoms with E-state index >= 15 is 0 Å². The lowest BCUT2D eigenvalue weighted by Gasteiger charge is -2.31. The monoisotopic (exact) mass is 450 g/mol. The summed E-state index contributed by atoms with van der Waals surface area (Å²) in [6.07, 6.45) is -3.10. The number of hydrogen-bond acceptors (Lipinski definition) is 3. The average Bonchev–Trinajstić information content (AvgIpc) is 3.20. The largest absolute Gasteiger partial charge is 0.435 e. The number of alkyl halides is 3. The number of hydrogen-bond donors (Lipinski definition) is 0. The third-order valence-electron chi connectivity index (χ3n) is 5.53. The number of nitrogens with zero attached hydrogens (tertiary/aromatic N) is 4. The highest BCUT2D eigenvalue weighted by Gasteiger charge is 2.43. The van der Waals surface area contributed by atoms with Crippen molar-refractivity contribution in [1.29, 1.82) is 0 Å². The fraction of sp³-hybridized carbons (Fsp3) is 0.318. The Balaban J connectivity index is 1.50. The zero-order valence-corrected chi connectivity index (χ0v) is 16.8. The molecule has 1 saturated heterocycles. The Morgan fingerprint density at radius 1 is 1.00 bits per heavy atom. The predicted molar refractivity (Wildman–Crippen MR) is 105 cm³/mol. The van der Waals surface area contributed by atoms with Gasteiger partial charge in [-0.1, -0.05) is 17.3 Å². The van der Waals surface area contributed by atoms with Crippen molar-refractivity contribution in [2.24, 2.45) is 5.92 Å². The van der Waals surface area contributed by atoms with Crippen molar-refractivity contribution in [1.82, 2.24) is 19.9 Å². The molecule has 2 heterocycles. The Morgan fingerprint density at radius 2 is 1.69 bits per heavy atom. The summed E-state index contributed by atoms with van der Waals surface area (Å²) in [6, 6.07) is 10.5. The lowest BCUT2D eigenvalue weighted by atomic mass is 9.90. The molecule has 1 aliphatic rings. The Morgan fingerprint density at radius 3 is 2.31 bits per heavy atom. The van der Waals surface area contributed by atoms with Crippen LogP contribution in [0.3, 0.4) is 0 Å². The number of aromatic nitrogens is 3. The number of amides is 1. The first-order valence-corrected chi connectivity index (χ1v) is 10.0. The highest BCUT2D eigenvalue weighted by atomic mass is 19.4. The van der Waals surface area contributed by atoms with E-state index in [4.69, 9.17) is 0 Å². The predicted octanol–water partition coefficient (Wildman–Crippen LogP) is 4.66. The molecule has 5 nitrogen and oxygen atoms in total. The molecule has 1 aromatic heterocycles. The van der Waals surface area contributed by atoms with Gasteiger partial charge in [0.15, 0.2) is 11.4 Å². The van der Waals surface area contributed by atoms with Crippen molar-refractivity contribution in [3.05, 3.63) is 77.1 Å². The van der Waals surface area contributed by atoms with Crippen LogP contribution in [0.5, 0.6) is 0 Å². The molecule has 1 aliphatic heterocycles. The van der Waals surface area contributed by atoms with Gasteiger partial charge in [-0.05, 0) is 67.1 Å². The van der Waals surface area contributed by atoms with E-state index in [0.717, 1.165) is 29.8 Å². The van der Waals surface area contributed by atoms with E-state index in [2.05, 4.69) is 10.3 Å². The summed E-state index contributed by atoms with van der Waals surface area (Å²) >= 11 is 0. The lowest BCUT2D eigenvalue weighted by molar-refractivity contribution is -0.143. The second-order valence-corrected chi connectivity index (χ2v) is 7.74. The molecule has 0 bridgehead atoms. The zero-order chi connectivity index (χ0) is 22.9. The van der Waals surface area contributed by atoms with Crippen LogP contribution in [-0.4, -0.2) is 38.9 Å². The first kappa shape index (κ1) is 21.9. The number of likely N-dealkylation sites (tertiary alicyclic amines) is 1. The minimum Gasteiger partial charge on any atom is -0.337 e. The second-order valence-electron chi connectivity index (χ2n) is 7.74. The van der Waals surface area contributed by atoms with Gasteiger partial charge in [0.25, 0.3) is 5.91 Å². The molecule has 0 saturated carbocycles. The fourth-order valence-electron chi connectivity index (χ4n) is 3.93. The topological polar surface area (TPSA) is 51.0 Å². The molecule has 0 spiro atoms. The highest BCUT2D eigenvalue weighted by molar-refractivity contribution is 5.93. The fourth-order valence-corrected chi connectivity index (χ4v) is 3.93. The first-order valence-electron chi connectivity index (χ1n) is 10.0. The normalized spacial score (nSPS) is 15.2. The van der Waals surface area contributed by atoms with E-state index in [1.807, 2.05) is 6.07 Å². The summed E-state index contributed by atoms with van der Waals surface area (Å²) in [5.41, 5.74) is -1.29. The quantitative estimate of drug-likeness (QED) is 0.544. The van der Waals surface area contributed by atoms with E-state index in [9.17, 15) is 26.7 Å². The summed E-state index contributed by atoms with van der Waals surface area (Å²) in [7, 11) is 0. The molecule has 0 radical (unpaired) electrons. The molecule has 1 fully saturated rings. The van der Waals surface area contributed by atoms with Gasteiger partial charge in [-0.15, -0.1) is 5.10 Å². The minimum atomic E-state index is -4.89. The van der Waals surface area contributed by atoms with Gasteiger partial charge in [0.1, 0.15) is 11.6 Å². The van der Waals surface area contributed by atoms with E-state index in [1.165, 1.54) is 17.0 Å². The summed E-state index contributed by atoms with van der Waals surface area (Å²) in [4.78, 5) is 14.2. The van der Waals surface area contributed by atoms with Crippen molar-refractivity contribution in [3.63, 3.8) is 0 Å². The van der Waals surface area contributed by atoms with Gasteiger partial charge >= 0.3 is 6.18 Å². The number of carbonyl (C=O) groups excluding carboxylic acids is 1. The molecule has 0 atom stereocenters. The van der Waals surface area contributed by atoms with Crippen LogP contribution >= 0.6 is 0 Å². The van der Waals surface area contributed by atoms with Gasteiger partial charge in [-0.25, -0.2) is 13.5 Å². The molecular formula is C22H19F5N4O. The van der Waals surface area contributed by atoms with Crippen molar-refractivity contribution in [2.45, 2.75) is 25.4 Å². The van der Waals surface area contributed by atoms with Crippen LogP contribution in [0.2, 0.25) is 0 Å². The van der Waals surface area contributed by atoms with Crippen LogP contribution < -0.4 is 0 Å². The van der Waals surface area contributed by atoms with Crippen LogP contribution in [0.1, 0.15) is 34.6 Å². The molecule has 10 heteroatoms. The zero-order valence-electron chi connectivity index (χ0n) is 16.8. The van der Waals surface area contributed by atoms with Crippen molar-refractivity contribution in [2.75, 3.05) is 13.1 Å². The van der Waals surface area contributed by atoms with Gasteiger partial charge < -0.3 is 4.90 Å². The van der Waals surface area contributed by atoms with E-state index < -0.39 is 29.3 Å². The van der Waals surface area contributed by atoms with Crippen molar-refractivity contribution in [3.8, 4) is 5.69 Å². The minimum absolute atomic E-state index is 0.0564. The standard InChI is InChI=1S/C22H19F5N4O/c23-16-4-6-18(7-5-16)31-20(22(25,26)27)19(28-29-31)21(32)30-10-8-14(9-11-30)12-15-2-1-3-17(24)13-15/h1-7,13-14H,8-12H2. The Labute approximate surface area is 180 Å². The number of piperidine rings is 1. The molecule has 168 valence electrons. The Kier molecular flexibility index (Phi) is 5.94. The highest BCUT2D eigenvalue weighted by Crippen LogP contribution is 2.34. The Hall–Kier alpha value is -3.30. The summed E-state index contributed by atoms with van der Waals surface area (Å²) < 4.78 is 68.4. The summed E-state index contributed by atoms with van der Waals surface area (Å²) in [5.74, 6) is -1.59. The molecule has 0 aliphatic carbocycles. The average molecular weight is 450 g/mol. The van der Waals surface area contributed by atoms with Crippen LogP contribution in [-0.2, 0) is 12.6 Å². The first-order chi connectivity index (χ1) is 15.2. The second kappa shape index (κ2) is 8.68. The SMILES string of the molecule is O=C(c1nnn(-c2ccc(F)cc2)c1C(F)(F)F)N1CCC(Cc2cccc(F)c2)CC1. The summed E-state index contributed by atoms with van der Waals surface area (Å²) in [6.45, 7) is 0.527. The maximum absolute atomic E-state index is 13.8. The third kappa shape index (κ3) is 4.63. The van der Waals surface area contributed by atoms with E-state index in [-0.39, 0.29) is 30.5 Å². The van der Waals surface area contributed by atoms with Crippen LogP contribution in [0, 0.1) is 17.6 Å². The molecule has 0 unspecified atom stereocenters. The van der Waals surface area contributed by atoms with Crippen molar-refractivity contribution < 1.29 is 26.7 Å². The number of benzene rings is 2. The maximum atomic E-state index is 13.8. The third-order valence-corrected chi connectivity index (χ3v) is 5.53. The molecule has 1 amide bonds. The lowest BCUT2D eigenvalue weighted by Crippen LogP contribution is -2.40. The van der Waals surface area contributed by atoms with Gasteiger partial charge in [-0.2, -0.15) is 13.2 Å². The number of rotatable bonds is 4. The molecule has 4 rings (SSSR count). The van der Waals surface area contributed by atoms with Crippen LogP contribution in [0.25, 0.3) is 5.69 Å². The van der Waals surface area contributed by atoms with E-state index in [1.54, 1.807) is 6.07 Å². The molecule has 3 aromatic rings. The van der Waals surface area contributed by atoms with Crippen molar-refractivity contribution >= 4 is 5.91 Å². The van der Waals surface area contributed by atoms with E-state index in [0.29, 0.717) is 23.9 Å². The van der Waals surface area contributed by atoms with Gasteiger partial charge in [0.2, 0.25) is 0 Å². The Bertz CT molecular complexity index is 1100. The van der Waals surface area contributed by atoms with Gasteiger partial charge in [0, 0.05) is 13.1 Å². The molecule has 2 aromatic carbocycles. The molecule has 32 heavy (non-hydrogen) atoms. The van der Waals surface area contributed by atoms with Crippen LogP contribution in [0.15, 0.2) is 48.5 Å². The maximum Gasteiger partial charge on any atom is 0.435 e. The number of halogens is 5. The van der Waals surface area contributed by atoms with Gasteiger partial charge in [-0.3, -0.25) is 4.79 Å². The molecule has 0 N–H and O–H groups in total. The molecular weight excluding hydrogens is 431 g/mol. The van der Waals surface area contributed by atoms with Gasteiger partial charge in [0.05, 0.1) is 5.69 Å². The summed E-state index contributed by atoms with van der Waals surface area (Å²) in [5, 5.41) is 7.04. The number of carbonyl (C=O) groups is 1.